The molecule has 25 heavy (non-hydrogen) atoms. The number of amides is 1. The fourth-order valence-electron chi connectivity index (χ4n) is 3.15. The van der Waals surface area contributed by atoms with E-state index in [9.17, 15) is 4.79 Å². The van der Waals surface area contributed by atoms with Gasteiger partial charge in [0.2, 0.25) is 5.91 Å². The first-order chi connectivity index (χ1) is 12.1. The van der Waals surface area contributed by atoms with E-state index in [1.807, 2.05) is 24.3 Å². The highest BCUT2D eigenvalue weighted by molar-refractivity contribution is 9.10. The van der Waals surface area contributed by atoms with Crippen molar-refractivity contribution in [3.05, 3.63) is 58.6 Å². The predicted octanol–water partition coefficient (Wildman–Crippen LogP) is 4.31. The van der Waals surface area contributed by atoms with E-state index in [-0.39, 0.29) is 11.8 Å². The Morgan fingerprint density at radius 1 is 1.20 bits per heavy atom. The summed E-state index contributed by atoms with van der Waals surface area (Å²) in [6.07, 6.45) is 1.79. The van der Waals surface area contributed by atoms with E-state index < -0.39 is 0 Å². The molecule has 1 fully saturated rings. The molecule has 1 amide bonds. The number of nitrogens with zero attached hydrogens (tertiary/aromatic N) is 1. The molecule has 1 heterocycles. The van der Waals surface area contributed by atoms with Gasteiger partial charge in [-0.1, -0.05) is 34.1 Å². The molecule has 1 aliphatic rings. The lowest BCUT2D eigenvalue weighted by Gasteiger charge is -2.31. The number of anilines is 1. The van der Waals surface area contributed by atoms with E-state index >= 15 is 0 Å². The van der Waals surface area contributed by atoms with E-state index in [1.54, 1.807) is 7.11 Å². The quantitative estimate of drug-likeness (QED) is 0.809. The molecule has 0 atom stereocenters. The van der Waals surface area contributed by atoms with Crippen LogP contribution in [0.1, 0.15) is 18.4 Å². The standard InChI is InChI=1S/C20H23BrN2O2/c1-25-19-4-2-3-18(13-19)22-20(24)16-9-11-23(12-10-16)14-15-5-7-17(21)8-6-15/h2-8,13,16H,9-12,14H2,1H3,(H,22,24). The lowest BCUT2D eigenvalue weighted by molar-refractivity contribution is -0.121. The number of ether oxygens (including phenoxy) is 1. The Bertz CT molecular complexity index is 710. The minimum Gasteiger partial charge on any atom is -0.497 e. The minimum atomic E-state index is 0.0763. The lowest BCUT2D eigenvalue weighted by Crippen LogP contribution is -2.37. The van der Waals surface area contributed by atoms with Crippen molar-refractivity contribution in [3.63, 3.8) is 0 Å². The van der Waals surface area contributed by atoms with Gasteiger partial charge in [0.05, 0.1) is 7.11 Å². The van der Waals surface area contributed by atoms with Gasteiger partial charge in [-0.05, 0) is 55.8 Å². The molecule has 0 aromatic heterocycles. The Labute approximate surface area is 157 Å². The number of benzene rings is 2. The first kappa shape index (κ1) is 18.0. The molecule has 1 saturated heterocycles. The van der Waals surface area contributed by atoms with Gasteiger partial charge >= 0.3 is 0 Å². The maximum absolute atomic E-state index is 12.5. The topological polar surface area (TPSA) is 41.6 Å². The fourth-order valence-corrected chi connectivity index (χ4v) is 3.41. The number of nitrogens with one attached hydrogen (secondary N) is 1. The zero-order valence-corrected chi connectivity index (χ0v) is 16.0. The molecule has 0 unspecified atom stereocenters. The van der Waals surface area contributed by atoms with Gasteiger partial charge in [-0.3, -0.25) is 9.69 Å². The van der Waals surface area contributed by atoms with Crippen LogP contribution < -0.4 is 10.1 Å². The Morgan fingerprint density at radius 2 is 1.92 bits per heavy atom. The van der Waals surface area contributed by atoms with Gasteiger partial charge < -0.3 is 10.1 Å². The second-order valence-corrected chi connectivity index (χ2v) is 7.31. The van der Waals surface area contributed by atoms with Gasteiger partial charge in [0.1, 0.15) is 5.75 Å². The Kier molecular flexibility index (Phi) is 6.10. The lowest BCUT2D eigenvalue weighted by atomic mass is 9.95. The van der Waals surface area contributed by atoms with E-state index in [0.29, 0.717) is 0 Å². The van der Waals surface area contributed by atoms with E-state index in [2.05, 4.69) is 50.4 Å². The zero-order chi connectivity index (χ0) is 17.6. The van der Waals surface area contributed by atoms with Crippen molar-refractivity contribution in [2.45, 2.75) is 19.4 Å². The van der Waals surface area contributed by atoms with Gasteiger partial charge in [0, 0.05) is 28.7 Å². The smallest absolute Gasteiger partial charge is 0.227 e. The van der Waals surface area contributed by atoms with Crippen LogP contribution in [0.5, 0.6) is 5.75 Å². The average molecular weight is 403 g/mol. The summed E-state index contributed by atoms with van der Waals surface area (Å²) in [4.78, 5) is 14.9. The molecule has 132 valence electrons. The highest BCUT2D eigenvalue weighted by Gasteiger charge is 2.25. The molecule has 0 saturated carbocycles. The number of methoxy groups -OCH3 is 1. The SMILES string of the molecule is COc1cccc(NC(=O)C2CCN(Cc3ccc(Br)cc3)CC2)c1. The van der Waals surface area contributed by atoms with E-state index in [0.717, 1.165) is 48.4 Å². The van der Waals surface area contributed by atoms with Gasteiger partial charge in [0.15, 0.2) is 0 Å². The van der Waals surface area contributed by atoms with Crippen molar-refractivity contribution in [1.82, 2.24) is 4.90 Å². The van der Waals surface area contributed by atoms with Crippen molar-refractivity contribution in [2.75, 3.05) is 25.5 Å². The monoisotopic (exact) mass is 402 g/mol. The molecular formula is C20H23BrN2O2. The summed E-state index contributed by atoms with van der Waals surface area (Å²) in [7, 11) is 1.63. The molecule has 0 radical (unpaired) electrons. The predicted molar refractivity (Wildman–Crippen MR) is 104 cm³/mol. The summed E-state index contributed by atoms with van der Waals surface area (Å²) < 4.78 is 6.30. The molecule has 5 heteroatoms. The van der Waals surface area contributed by atoms with Crippen molar-refractivity contribution in [2.24, 2.45) is 5.92 Å². The van der Waals surface area contributed by atoms with Crippen molar-refractivity contribution < 1.29 is 9.53 Å². The minimum absolute atomic E-state index is 0.0763. The van der Waals surface area contributed by atoms with Gasteiger partial charge in [-0.2, -0.15) is 0 Å². The normalized spacial score (nSPS) is 15.8. The number of likely N-dealkylation sites (tertiary alicyclic amines) is 1. The molecule has 0 spiro atoms. The van der Waals surface area contributed by atoms with Crippen LogP contribution in [-0.2, 0) is 11.3 Å². The number of rotatable bonds is 5. The Balaban J connectivity index is 1.49. The van der Waals surface area contributed by atoms with Crippen LogP contribution in [0.2, 0.25) is 0 Å². The average Bonchev–Trinajstić information content (AvgIpc) is 2.64. The second-order valence-electron chi connectivity index (χ2n) is 6.40. The molecule has 1 N–H and O–H groups in total. The van der Waals surface area contributed by atoms with Crippen LogP contribution >= 0.6 is 15.9 Å². The summed E-state index contributed by atoms with van der Waals surface area (Å²) in [6.45, 7) is 2.84. The molecule has 0 bridgehead atoms. The number of hydrogen-bond donors (Lipinski definition) is 1. The third-order valence-electron chi connectivity index (χ3n) is 4.62. The van der Waals surface area contributed by atoms with Gasteiger partial charge in [0.25, 0.3) is 0 Å². The third-order valence-corrected chi connectivity index (χ3v) is 5.14. The molecular weight excluding hydrogens is 380 g/mol. The number of hydrogen-bond acceptors (Lipinski definition) is 3. The number of carbonyl (C=O) groups excluding carboxylic acids is 1. The summed E-state index contributed by atoms with van der Waals surface area (Å²) >= 11 is 3.46. The maximum Gasteiger partial charge on any atom is 0.227 e. The maximum atomic E-state index is 12.5. The van der Waals surface area contributed by atoms with Crippen LogP contribution in [0.15, 0.2) is 53.0 Å². The Morgan fingerprint density at radius 3 is 2.60 bits per heavy atom. The summed E-state index contributed by atoms with van der Waals surface area (Å²) in [5.74, 6) is 0.936. The van der Waals surface area contributed by atoms with E-state index in [1.165, 1.54) is 5.56 Å². The first-order valence-electron chi connectivity index (χ1n) is 8.56. The van der Waals surface area contributed by atoms with Gasteiger partial charge in [-0.25, -0.2) is 0 Å². The zero-order valence-electron chi connectivity index (χ0n) is 14.4. The van der Waals surface area contributed by atoms with Crippen LogP contribution in [0.25, 0.3) is 0 Å². The van der Waals surface area contributed by atoms with Crippen molar-refractivity contribution in [3.8, 4) is 5.75 Å². The van der Waals surface area contributed by atoms with Gasteiger partial charge in [-0.15, -0.1) is 0 Å². The van der Waals surface area contributed by atoms with E-state index in [4.69, 9.17) is 4.74 Å². The molecule has 4 nitrogen and oxygen atoms in total. The summed E-state index contributed by atoms with van der Waals surface area (Å²) in [5.41, 5.74) is 2.10. The molecule has 0 aliphatic carbocycles. The van der Waals surface area contributed by atoms with Crippen molar-refractivity contribution >= 4 is 27.5 Å². The van der Waals surface area contributed by atoms with Crippen LogP contribution in [0.4, 0.5) is 5.69 Å². The molecule has 1 aliphatic heterocycles. The van der Waals surface area contributed by atoms with Crippen molar-refractivity contribution in [1.29, 1.82) is 0 Å². The fraction of sp³-hybridized carbons (Fsp3) is 0.350. The largest absolute Gasteiger partial charge is 0.497 e. The third kappa shape index (κ3) is 5.06. The Hall–Kier alpha value is -1.85. The number of carbonyl (C=O) groups is 1. The van der Waals surface area contributed by atoms with Crippen LogP contribution in [-0.4, -0.2) is 31.0 Å². The highest BCUT2D eigenvalue weighted by Crippen LogP contribution is 2.23. The second kappa shape index (κ2) is 8.50. The van der Waals surface area contributed by atoms with Crippen LogP contribution in [0, 0.1) is 5.92 Å². The summed E-state index contributed by atoms with van der Waals surface area (Å²) in [5, 5.41) is 3.01. The highest BCUT2D eigenvalue weighted by atomic mass is 79.9. The number of piperidine rings is 1. The molecule has 2 aromatic carbocycles. The molecule has 3 rings (SSSR count). The first-order valence-corrected chi connectivity index (χ1v) is 9.35. The number of halogens is 1. The molecule has 2 aromatic rings. The van der Waals surface area contributed by atoms with Crippen LogP contribution in [0.3, 0.4) is 0 Å². The summed E-state index contributed by atoms with van der Waals surface area (Å²) in [6, 6.07) is 15.9.